The lowest BCUT2D eigenvalue weighted by Gasteiger charge is -2.12. The Labute approximate surface area is 125 Å². The van der Waals surface area contributed by atoms with Crippen molar-refractivity contribution in [2.45, 2.75) is 26.4 Å². The Balaban J connectivity index is 2.08. The summed E-state index contributed by atoms with van der Waals surface area (Å²) < 4.78 is 11.4. The van der Waals surface area contributed by atoms with E-state index in [1.165, 1.54) is 0 Å². The minimum atomic E-state index is 0.438. The van der Waals surface area contributed by atoms with Crippen LogP contribution in [0.5, 0.6) is 11.5 Å². The first-order valence-corrected chi connectivity index (χ1v) is 7.17. The molecule has 0 aliphatic heterocycles. The van der Waals surface area contributed by atoms with Crippen LogP contribution in [0.25, 0.3) is 0 Å². The van der Waals surface area contributed by atoms with E-state index in [1.807, 2.05) is 42.5 Å². The standard InChI is InChI=1S/C18H19NO2/c1-2-3-12-20-17-10-7-11-18(16(17)13-19)21-14-15-8-5-4-6-9-15/h4-11H,2-3,12,14H2,1H3. The molecule has 3 nitrogen and oxygen atoms in total. The molecule has 0 amide bonds. The highest BCUT2D eigenvalue weighted by Gasteiger charge is 2.10. The van der Waals surface area contributed by atoms with Crippen LogP contribution in [0, 0.1) is 11.3 Å². The largest absolute Gasteiger partial charge is 0.492 e. The molecule has 0 saturated carbocycles. The second-order valence-corrected chi connectivity index (χ2v) is 4.72. The summed E-state index contributed by atoms with van der Waals surface area (Å²) in [5.74, 6) is 1.16. The molecule has 2 aromatic carbocycles. The molecule has 3 heteroatoms. The Morgan fingerprint density at radius 1 is 0.952 bits per heavy atom. The molecule has 0 aliphatic carbocycles. The fraction of sp³-hybridized carbons (Fsp3) is 0.278. The molecule has 0 aromatic heterocycles. The Bertz CT molecular complexity index is 602. The van der Waals surface area contributed by atoms with Crippen molar-refractivity contribution in [3.8, 4) is 17.6 Å². The topological polar surface area (TPSA) is 42.2 Å². The summed E-state index contributed by atoms with van der Waals surface area (Å²) in [6.45, 7) is 3.16. The second-order valence-electron chi connectivity index (χ2n) is 4.72. The number of unbranched alkanes of at least 4 members (excludes halogenated alkanes) is 1. The van der Waals surface area contributed by atoms with E-state index in [-0.39, 0.29) is 0 Å². The molecule has 0 bridgehead atoms. The fourth-order valence-electron chi connectivity index (χ4n) is 1.92. The van der Waals surface area contributed by atoms with Gasteiger partial charge < -0.3 is 9.47 Å². The summed E-state index contributed by atoms with van der Waals surface area (Å²) in [5, 5.41) is 9.34. The first-order valence-electron chi connectivity index (χ1n) is 7.17. The SMILES string of the molecule is CCCCOc1cccc(OCc2ccccc2)c1C#N. The highest BCUT2D eigenvalue weighted by atomic mass is 16.5. The molecule has 0 heterocycles. The first kappa shape index (κ1) is 14.9. The van der Waals surface area contributed by atoms with Crippen molar-refractivity contribution in [1.82, 2.24) is 0 Å². The van der Waals surface area contributed by atoms with E-state index in [1.54, 1.807) is 6.07 Å². The molecular formula is C18H19NO2. The third-order valence-electron chi connectivity index (χ3n) is 3.09. The lowest BCUT2D eigenvalue weighted by Crippen LogP contribution is -2.01. The molecule has 0 aliphatic rings. The monoisotopic (exact) mass is 281 g/mol. The summed E-state index contributed by atoms with van der Waals surface area (Å²) in [7, 11) is 0. The van der Waals surface area contributed by atoms with E-state index in [2.05, 4.69) is 13.0 Å². The van der Waals surface area contributed by atoms with Crippen LogP contribution in [0.1, 0.15) is 30.9 Å². The van der Waals surface area contributed by atoms with Crippen LogP contribution in [-0.4, -0.2) is 6.61 Å². The normalized spacial score (nSPS) is 9.90. The van der Waals surface area contributed by atoms with Crippen molar-refractivity contribution in [3.05, 3.63) is 59.7 Å². The maximum Gasteiger partial charge on any atom is 0.141 e. The Morgan fingerprint density at radius 3 is 2.33 bits per heavy atom. The van der Waals surface area contributed by atoms with Gasteiger partial charge in [0.25, 0.3) is 0 Å². The highest BCUT2D eigenvalue weighted by molar-refractivity contribution is 5.52. The Kier molecular flexibility index (Phi) is 5.66. The van der Waals surface area contributed by atoms with Crippen LogP contribution in [-0.2, 0) is 6.61 Å². The predicted octanol–water partition coefficient (Wildman–Crippen LogP) is 4.32. The molecule has 0 unspecified atom stereocenters. The number of ether oxygens (including phenoxy) is 2. The summed E-state index contributed by atoms with van der Waals surface area (Å²) in [4.78, 5) is 0. The second kappa shape index (κ2) is 7.96. The fourth-order valence-corrected chi connectivity index (χ4v) is 1.92. The number of nitriles is 1. The van der Waals surface area contributed by atoms with E-state index < -0.39 is 0 Å². The van der Waals surface area contributed by atoms with Crippen molar-refractivity contribution >= 4 is 0 Å². The molecule has 0 spiro atoms. The average molecular weight is 281 g/mol. The lowest BCUT2D eigenvalue weighted by molar-refractivity contribution is 0.290. The van der Waals surface area contributed by atoms with Gasteiger partial charge in [0.05, 0.1) is 6.61 Å². The number of benzene rings is 2. The van der Waals surface area contributed by atoms with Gasteiger partial charge in [-0.25, -0.2) is 0 Å². The van der Waals surface area contributed by atoms with Gasteiger partial charge in [-0.3, -0.25) is 0 Å². The van der Waals surface area contributed by atoms with Crippen molar-refractivity contribution < 1.29 is 9.47 Å². The number of rotatable bonds is 7. The third-order valence-corrected chi connectivity index (χ3v) is 3.09. The van der Waals surface area contributed by atoms with Gasteiger partial charge in [0.1, 0.15) is 29.7 Å². The maximum absolute atomic E-state index is 9.34. The van der Waals surface area contributed by atoms with Crippen molar-refractivity contribution in [2.24, 2.45) is 0 Å². The van der Waals surface area contributed by atoms with Gasteiger partial charge >= 0.3 is 0 Å². The van der Waals surface area contributed by atoms with Crippen LogP contribution >= 0.6 is 0 Å². The number of nitrogens with zero attached hydrogens (tertiary/aromatic N) is 1. The smallest absolute Gasteiger partial charge is 0.141 e. The van der Waals surface area contributed by atoms with Crippen LogP contribution in [0.15, 0.2) is 48.5 Å². The lowest BCUT2D eigenvalue weighted by atomic mass is 10.2. The van der Waals surface area contributed by atoms with Gasteiger partial charge in [-0.2, -0.15) is 5.26 Å². The summed E-state index contributed by atoms with van der Waals surface area (Å²) in [6.07, 6.45) is 2.03. The van der Waals surface area contributed by atoms with Crippen LogP contribution in [0.3, 0.4) is 0 Å². The quantitative estimate of drug-likeness (QED) is 0.710. The van der Waals surface area contributed by atoms with E-state index in [4.69, 9.17) is 9.47 Å². The molecule has 2 aromatic rings. The van der Waals surface area contributed by atoms with Gasteiger partial charge in [0.2, 0.25) is 0 Å². The number of hydrogen-bond acceptors (Lipinski definition) is 3. The first-order chi connectivity index (χ1) is 10.3. The third kappa shape index (κ3) is 4.25. The Hall–Kier alpha value is -2.47. The van der Waals surface area contributed by atoms with Crippen molar-refractivity contribution in [3.63, 3.8) is 0 Å². The Morgan fingerprint density at radius 2 is 1.67 bits per heavy atom. The number of hydrogen-bond donors (Lipinski definition) is 0. The van der Waals surface area contributed by atoms with Crippen LogP contribution in [0.4, 0.5) is 0 Å². The minimum absolute atomic E-state index is 0.438. The van der Waals surface area contributed by atoms with E-state index in [0.29, 0.717) is 30.3 Å². The van der Waals surface area contributed by atoms with Crippen molar-refractivity contribution in [2.75, 3.05) is 6.61 Å². The zero-order chi connectivity index (χ0) is 14.9. The van der Waals surface area contributed by atoms with E-state index >= 15 is 0 Å². The molecular weight excluding hydrogens is 262 g/mol. The molecule has 0 atom stereocenters. The molecule has 21 heavy (non-hydrogen) atoms. The molecule has 0 N–H and O–H groups in total. The summed E-state index contributed by atoms with van der Waals surface area (Å²) >= 11 is 0. The van der Waals surface area contributed by atoms with Gasteiger partial charge in [0.15, 0.2) is 0 Å². The minimum Gasteiger partial charge on any atom is -0.492 e. The summed E-state index contributed by atoms with van der Waals surface area (Å²) in [6, 6.07) is 17.5. The maximum atomic E-state index is 9.34. The average Bonchev–Trinajstić information content (AvgIpc) is 2.54. The molecule has 2 rings (SSSR count). The molecule has 0 fully saturated rings. The van der Waals surface area contributed by atoms with Gasteiger partial charge in [0, 0.05) is 0 Å². The van der Waals surface area contributed by atoms with E-state index in [0.717, 1.165) is 18.4 Å². The molecule has 0 saturated heterocycles. The van der Waals surface area contributed by atoms with Gasteiger partial charge in [-0.15, -0.1) is 0 Å². The zero-order valence-electron chi connectivity index (χ0n) is 12.2. The van der Waals surface area contributed by atoms with E-state index in [9.17, 15) is 5.26 Å². The highest BCUT2D eigenvalue weighted by Crippen LogP contribution is 2.28. The van der Waals surface area contributed by atoms with Crippen molar-refractivity contribution in [1.29, 1.82) is 5.26 Å². The summed E-state index contributed by atoms with van der Waals surface area (Å²) in [5.41, 5.74) is 1.53. The molecule has 0 radical (unpaired) electrons. The van der Waals surface area contributed by atoms with Crippen LogP contribution in [0.2, 0.25) is 0 Å². The van der Waals surface area contributed by atoms with Gasteiger partial charge in [-0.05, 0) is 24.1 Å². The van der Waals surface area contributed by atoms with Crippen LogP contribution < -0.4 is 9.47 Å². The van der Waals surface area contributed by atoms with Gasteiger partial charge in [-0.1, -0.05) is 49.7 Å². The zero-order valence-corrected chi connectivity index (χ0v) is 12.2. The predicted molar refractivity (Wildman–Crippen MR) is 82.3 cm³/mol. The molecule has 108 valence electrons.